The van der Waals surface area contributed by atoms with Crippen molar-refractivity contribution in [2.24, 2.45) is 0 Å². The van der Waals surface area contributed by atoms with Crippen LogP contribution in [0.2, 0.25) is 0 Å². The summed E-state index contributed by atoms with van der Waals surface area (Å²) >= 11 is 0. The highest BCUT2D eigenvalue weighted by molar-refractivity contribution is 5.20. The molecule has 0 saturated heterocycles. The Bertz CT molecular complexity index is 328. The van der Waals surface area contributed by atoms with E-state index < -0.39 is 0 Å². The molecule has 1 aromatic rings. The van der Waals surface area contributed by atoms with E-state index in [9.17, 15) is 0 Å². The molecule has 1 N–H and O–H groups in total. The molecule has 0 aliphatic heterocycles. The number of pyridine rings is 1. The summed E-state index contributed by atoms with van der Waals surface area (Å²) in [7, 11) is 0. The van der Waals surface area contributed by atoms with Crippen molar-refractivity contribution in [3.05, 3.63) is 29.6 Å². The molecule has 0 bridgehead atoms. The lowest BCUT2D eigenvalue weighted by molar-refractivity contribution is 0.626. The van der Waals surface area contributed by atoms with E-state index in [2.05, 4.69) is 23.3 Å². The van der Waals surface area contributed by atoms with E-state index >= 15 is 0 Å². The fraction of sp³-hybridized carbons (Fsp3) is 0.500. The van der Waals surface area contributed by atoms with Crippen LogP contribution in [-0.2, 0) is 6.54 Å². The van der Waals surface area contributed by atoms with Crippen molar-refractivity contribution in [2.45, 2.75) is 32.7 Å². The minimum atomic E-state index is 0.660. The molecule has 80 valence electrons. The van der Waals surface area contributed by atoms with Gasteiger partial charge in [0.15, 0.2) is 0 Å². The van der Waals surface area contributed by atoms with Gasteiger partial charge in [-0.2, -0.15) is 5.26 Å². The first-order valence-corrected chi connectivity index (χ1v) is 5.31. The fourth-order valence-electron chi connectivity index (χ4n) is 1.36. The van der Waals surface area contributed by atoms with Crippen LogP contribution in [0.15, 0.2) is 18.5 Å². The summed E-state index contributed by atoms with van der Waals surface area (Å²) < 4.78 is 0. The molecule has 0 aliphatic carbocycles. The zero-order valence-electron chi connectivity index (χ0n) is 9.16. The van der Waals surface area contributed by atoms with Gasteiger partial charge in [-0.25, -0.2) is 0 Å². The zero-order chi connectivity index (χ0) is 10.9. The molecule has 0 amide bonds. The van der Waals surface area contributed by atoms with Crippen LogP contribution < -0.4 is 5.32 Å². The van der Waals surface area contributed by atoms with E-state index in [0.717, 1.165) is 25.9 Å². The molecule has 1 heterocycles. The standard InChI is InChI=1S/C12H17N3/c1-11-5-8-15-10-12(11)9-14-7-4-2-3-6-13/h5,8,10,14H,2-4,7,9H2,1H3. The van der Waals surface area contributed by atoms with Gasteiger partial charge in [0.25, 0.3) is 0 Å². The summed E-state index contributed by atoms with van der Waals surface area (Å²) in [5.74, 6) is 0. The zero-order valence-corrected chi connectivity index (χ0v) is 9.16. The van der Waals surface area contributed by atoms with Crippen LogP contribution in [0, 0.1) is 18.3 Å². The van der Waals surface area contributed by atoms with Gasteiger partial charge in [0, 0.05) is 25.4 Å². The molecular weight excluding hydrogens is 186 g/mol. The Hall–Kier alpha value is -1.40. The number of nitriles is 1. The molecule has 0 aliphatic rings. The van der Waals surface area contributed by atoms with Crippen LogP contribution in [0.3, 0.4) is 0 Å². The Morgan fingerprint density at radius 1 is 1.47 bits per heavy atom. The van der Waals surface area contributed by atoms with E-state index in [4.69, 9.17) is 5.26 Å². The first kappa shape index (κ1) is 11.7. The van der Waals surface area contributed by atoms with E-state index in [0.29, 0.717) is 6.42 Å². The van der Waals surface area contributed by atoms with Gasteiger partial charge in [-0.15, -0.1) is 0 Å². The van der Waals surface area contributed by atoms with E-state index in [1.807, 2.05) is 18.5 Å². The minimum absolute atomic E-state index is 0.660. The third kappa shape index (κ3) is 4.57. The fourth-order valence-corrected chi connectivity index (χ4v) is 1.36. The van der Waals surface area contributed by atoms with E-state index in [1.165, 1.54) is 11.1 Å². The van der Waals surface area contributed by atoms with Gasteiger partial charge in [0.2, 0.25) is 0 Å². The summed E-state index contributed by atoms with van der Waals surface area (Å²) in [5, 5.41) is 11.7. The molecule has 0 aromatic carbocycles. The first-order chi connectivity index (χ1) is 7.34. The Kier molecular flexibility index (Phi) is 5.42. The lowest BCUT2D eigenvalue weighted by Crippen LogP contribution is -2.15. The smallest absolute Gasteiger partial charge is 0.0621 e. The predicted octanol–water partition coefficient (Wildman–Crippen LogP) is 2.17. The monoisotopic (exact) mass is 203 g/mol. The topological polar surface area (TPSA) is 48.7 Å². The van der Waals surface area contributed by atoms with Crippen LogP contribution in [0.1, 0.15) is 30.4 Å². The van der Waals surface area contributed by atoms with Gasteiger partial charge in [-0.3, -0.25) is 4.98 Å². The largest absolute Gasteiger partial charge is 0.313 e. The molecule has 3 heteroatoms. The number of aromatic nitrogens is 1. The van der Waals surface area contributed by atoms with Gasteiger partial charge < -0.3 is 5.32 Å². The van der Waals surface area contributed by atoms with Gasteiger partial charge in [0.1, 0.15) is 0 Å². The normalized spacial score (nSPS) is 9.87. The van der Waals surface area contributed by atoms with Gasteiger partial charge >= 0.3 is 0 Å². The number of nitrogens with zero attached hydrogens (tertiary/aromatic N) is 2. The maximum atomic E-state index is 8.36. The maximum Gasteiger partial charge on any atom is 0.0621 e. The Morgan fingerprint density at radius 2 is 2.33 bits per heavy atom. The summed E-state index contributed by atoms with van der Waals surface area (Å²) in [4.78, 5) is 4.09. The van der Waals surface area contributed by atoms with Gasteiger partial charge in [-0.05, 0) is 43.5 Å². The second-order valence-corrected chi connectivity index (χ2v) is 3.59. The first-order valence-electron chi connectivity index (χ1n) is 5.31. The van der Waals surface area contributed by atoms with Crippen LogP contribution in [0.5, 0.6) is 0 Å². The van der Waals surface area contributed by atoms with Gasteiger partial charge in [-0.1, -0.05) is 0 Å². The summed E-state index contributed by atoms with van der Waals surface area (Å²) in [6.45, 7) is 3.93. The molecule has 1 rings (SSSR count). The average Bonchev–Trinajstić information content (AvgIpc) is 2.25. The number of unbranched alkanes of at least 4 members (excludes halogenated alkanes) is 2. The van der Waals surface area contributed by atoms with Crippen molar-refractivity contribution in [3.8, 4) is 6.07 Å². The number of rotatable bonds is 6. The van der Waals surface area contributed by atoms with Crippen molar-refractivity contribution in [3.63, 3.8) is 0 Å². The van der Waals surface area contributed by atoms with Crippen molar-refractivity contribution >= 4 is 0 Å². The molecule has 0 fully saturated rings. The van der Waals surface area contributed by atoms with Crippen molar-refractivity contribution in [2.75, 3.05) is 6.54 Å². The highest BCUT2D eigenvalue weighted by atomic mass is 14.8. The minimum Gasteiger partial charge on any atom is -0.313 e. The molecule has 3 nitrogen and oxygen atoms in total. The number of hydrogen-bond donors (Lipinski definition) is 1. The van der Waals surface area contributed by atoms with Crippen LogP contribution in [0.25, 0.3) is 0 Å². The average molecular weight is 203 g/mol. The molecular formula is C12H17N3. The second kappa shape index (κ2) is 6.97. The molecule has 0 spiro atoms. The highest BCUT2D eigenvalue weighted by Crippen LogP contribution is 2.03. The molecule has 1 aromatic heterocycles. The Morgan fingerprint density at radius 3 is 3.07 bits per heavy atom. The predicted molar refractivity (Wildman–Crippen MR) is 60.1 cm³/mol. The van der Waals surface area contributed by atoms with E-state index in [-0.39, 0.29) is 0 Å². The van der Waals surface area contributed by atoms with Crippen molar-refractivity contribution in [1.82, 2.24) is 10.3 Å². The Labute approximate surface area is 91.1 Å². The summed E-state index contributed by atoms with van der Waals surface area (Å²) in [6, 6.07) is 4.17. The highest BCUT2D eigenvalue weighted by Gasteiger charge is 1.96. The van der Waals surface area contributed by atoms with Crippen LogP contribution >= 0.6 is 0 Å². The lowest BCUT2D eigenvalue weighted by atomic mass is 10.1. The molecule has 0 atom stereocenters. The van der Waals surface area contributed by atoms with Crippen LogP contribution in [0.4, 0.5) is 0 Å². The van der Waals surface area contributed by atoms with Crippen molar-refractivity contribution in [1.29, 1.82) is 5.26 Å². The summed E-state index contributed by atoms with van der Waals surface area (Å²) in [5.41, 5.74) is 2.52. The maximum absolute atomic E-state index is 8.36. The molecule has 0 saturated carbocycles. The number of aryl methyl sites for hydroxylation is 1. The third-order valence-electron chi connectivity index (χ3n) is 2.36. The van der Waals surface area contributed by atoms with Gasteiger partial charge in [0.05, 0.1) is 6.07 Å². The Balaban J connectivity index is 2.16. The lowest BCUT2D eigenvalue weighted by Gasteiger charge is -2.06. The third-order valence-corrected chi connectivity index (χ3v) is 2.36. The molecule has 0 radical (unpaired) electrons. The van der Waals surface area contributed by atoms with Crippen LogP contribution in [-0.4, -0.2) is 11.5 Å². The van der Waals surface area contributed by atoms with E-state index in [1.54, 1.807) is 0 Å². The molecule has 0 unspecified atom stereocenters. The number of nitrogens with one attached hydrogen (secondary N) is 1. The molecule has 15 heavy (non-hydrogen) atoms. The SMILES string of the molecule is Cc1ccncc1CNCCCCC#N. The van der Waals surface area contributed by atoms with Crippen molar-refractivity contribution < 1.29 is 0 Å². The number of hydrogen-bond acceptors (Lipinski definition) is 3. The quantitative estimate of drug-likeness (QED) is 0.721. The second-order valence-electron chi connectivity index (χ2n) is 3.59. The summed E-state index contributed by atoms with van der Waals surface area (Å²) in [6.07, 6.45) is 6.42.